The quantitative estimate of drug-likeness (QED) is 0.631. The van der Waals surface area contributed by atoms with Gasteiger partial charge in [-0.1, -0.05) is 0 Å². The summed E-state index contributed by atoms with van der Waals surface area (Å²) in [4.78, 5) is 0. The lowest BCUT2D eigenvalue weighted by molar-refractivity contribution is -0.216. The molecule has 0 aromatic carbocycles. The SMILES string of the molecule is OC1(C2(O)CCOCC2)CCOCC1. The molecule has 2 rings (SSSR count). The Labute approximate surface area is 83.8 Å². The average Bonchev–Trinajstić information content (AvgIpc) is 2.20. The minimum atomic E-state index is -0.963. The van der Waals surface area contributed by atoms with E-state index in [0.29, 0.717) is 52.1 Å². The van der Waals surface area contributed by atoms with Gasteiger partial charge in [-0.05, 0) is 0 Å². The zero-order valence-electron chi connectivity index (χ0n) is 8.37. The van der Waals surface area contributed by atoms with Crippen LogP contribution in [0.25, 0.3) is 0 Å². The highest BCUT2D eigenvalue weighted by molar-refractivity contribution is 5.01. The molecule has 2 aliphatic rings. The van der Waals surface area contributed by atoms with Gasteiger partial charge in [-0.15, -0.1) is 0 Å². The topological polar surface area (TPSA) is 58.9 Å². The fraction of sp³-hybridized carbons (Fsp3) is 1.00. The molecule has 0 unspecified atom stereocenters. The first-order chi connectivity index (χ1) is 6.66. The molecule has 2 saturated heterocycles. The van der Waals surface area contributed by atoms with E-state index in [0.717, 1.165) is 0 Å². The minimum absolute atomic E-state index is 0.531. The molecule has 0 saturated carbocycles. The third-order valence-electron chi connectivity index (χ3n) is 3.51. The molecule has 4 heteroatoms. The van der Waals surface area contributed by atoms with Crippen LogP contribution in [0.2, 0.25) is 0 Å². The first-order valence-corrected chi connectivity index (χ1v) is 5.27. The molecule has 0 aromatic rings. The van der Waals surface area contributed by atoms with Crippen molar-refractivity contribution in [3.8, 4) is 0 Å². The van der Waals surface area contributed by atoms with Gasteiger partial charge in [0.25, 0.3) is 0 Å². The van der Waals surface area contributed by atoms with Gasteiger partial charge < -0.3 is 19.7 Å². The maximum Gasteiger partial charge on any atom is 0.0978 e. The summed E-state index contributed by atoms with van der Waals surface area (Å²) in [6, 6.07) is 0. The number of hydrogen-bond donors (Lipinski definition) is 2. The van der Waals surface area contributed by atoms with Gasteiger partial charge in [-0.2, -0.15) is 0 Å². The lowest BCUT2D eigenvalue weighted by Gasteiger charge is -2.47. The van der Waals surface area contributed by atoms with Crippen molar-refractivity contribution >= 4 is 0 Å². The Balaban J connectivity index is 2.09. The molecular weight excluding hydrogens is 184 g/mol. The molecule has 0 atom stereocenters. The van der Waals surface area contributed by atoms with Gasteiger partial charge in [0.2, 0.25) is 0 Å². The zero-order valence-corrected chi connectivity index (χ0v) is 8.37. The van der Waals surface area contributed by atoms with E-state index in [1.54, 1.807) is 0 Å². The lowest BCUT2D eigenvalue weighted by Crippen LogP contribution is -2.59. The number of aliphatic hydroxyl groups is 2. The van der Waals surface area contributed by atoms with E-state index in [2.05, 4.69) is 0 Å². The first kappa shape index (κ1) is 10.4. The van der Waals surface area contributed by atoms with E-state index in [-0.39, 0.29) is 0 Å². The molecule has 82 valence electrons. The molecule has 2 heterocycles. The Morgan fingerprint density at radius 2 is 0.929 bits per heavy atom. The molecule has 0 bridgehead atoms. The number of ether oxygens (including phenoxy) is 2. The molecule has 0 spiro atoms. The van der Waals surface area contributed by atoms with Crippen molar-refractivity contribution in [1.29, 1.82) is 0 Å². The highest BCUT2D eigenvalue weighted by atomic mass is 16.5. The van der Waals surface area contributed by atoms with Crippen molar-refractivity contribution in [2.45, 2.75) is 36.9 Å². The van der Waals surface area contributed by atoms with E-state index in [9.17, 15) is 10.2 Å². The summed E-state index contributed by atoms with van der Waals surface area (Å²) in [6.07, 6.45) is 2.12. The summed E-state index contributed by atoms with van der Waals surface area (Å²) in [5.74, 6) is 0. The number of hydrogen-bond acceptors (Lipinski definition) is 4. The Morgan fingerprint density at radius 1 is 0.643 bits per heavy atom. The van der Waals surface area contributed by atoms with Gasteiger partial charge >= 0.3 is 0 Å². The third kappa shape index (κ3) is 1.67. The minimum Gasteiger partial charge on any atom is -0.387 e. The Kier molecular flexibility index (Phi) is 2.79. The van der Waals surface area contributed by atoms with Crippen LogP contribution < -0.4 is 0 Å². The molecular formula is C10H18O4. The molecule has 4 nitrogen and oxygen atoms in total. The van der Waals surface area contributed by atoms with Gasteiger partial charge in [0.1, 0.15) is 0 Å². The summed E-state index contributed by atoms with van der Waals surface area (Å²) < 4.78 is 10.4. The predicted molar refractivity (Wildman–Crippen MR) is 50.0 cm³/mol. The van der Waals surface area contributed by atoms with Crippen molar-refractivity contribution in [3.63, 3.8) is 0 Å². The van der Waals surface area contributed by atoms with Crippen LogP contribution in [0.4, 0.5) is 0 Å². The van der Waals surface area contributed by atoms with Gasteiger partial charge in [-0.25, -0.2) is 0 Å². The van der Waals surface area contributed by atoms with E-state index >= 15 is 0 Å². The van der Waals surface area contributed by atoms with Crippen LogP contribution in [0.1, 0.15) is 25.7 Å². The van der Waals surface area contributed by atoms with Crippen molar-refractivity contribution in [3.05, 3.63) is 0 Å². The predicted octanol–water partition coefficient (Wildman–Crippen LogP) is 0.0694. The van der Waals surface area contributed by atoms with Crippen LogP contribution in [0.3, 0.4) is 0 Å². The average molecular weight is 202 g/mol. The summed E-state index contributed by atoms with van der Waals surface area (Å²) in [6.45, 7) is 2.17. The van der Waals surface area contributed by atoms with Gasteiger partial charge in [-0.3, -0.25) is 0 Å². The van der Waals surface area contributed by atoms with Crippen LogP contribution in [-0.2, 0) is 9.47 Å². The Morgan fingerprint density at radius 3 is 1.21 bits per heavy atom. The molecule has 0 amide bonds. The standard InChI is InChI=1S/C10H18O4/c11-9(1-5-13-6-2-9)10(12)3-7-14-8-4-10/h11-12H,1-8H2. The summed E-state index contributed by atoms with van der Waals surface area (Å²) in [5.41, 5.74) is -1.93. The highest BCUT2D eigenvalue weighted by Gasteiger charge is 2.50. The van der Waals surface area contributed by atoms with Crippen LogP contribution in [0.15, 0.2) is 0 Å². The summed E-state index contributed by atoms with van der Waals surface area (Å²) in [5, 5.41) is 20.7. The largest absolute Gasteiger partial charge is 0.387 e. The monoisotopic (exact) mass is 202 g/mol. The molecule has 0 aromatic heterocycles. The van der Waals surface area contributed by atoms with Crippen molar-refractivity contribution in [1.82, 2.24) is 0 Å². The number of rotatable bonds is 1. The molecule has 14 heavy (non-hydrogen) atoms. The highest BCUT2D eigenvalue weighted by Crippen LogP contribution is 2.38. The normalized spacial score (nSPS) is 31.3. The molecule has 2 fully saturated rings. The maximum absolute atomic E-state index is 10.4. The molecule has 2 N–H and O–H groups in total. The van der Waals surface area contributed by atoms with Crippen molar-refractivity contribution < 1.29 is 19.7 Å². The fourth-order valence-electron chi connectivity index (χ4n) is 2.35. The first-order valence-electron chi connectivity index (χ1n) is 5.27. The maximum atomic E-state index is 10.4. The second-order valence-corrected chi connectivity index (χ2v) is 4.29. The van der Waals surface area contributed by atoms with Gasteiger partial charge in [0.05, 0.1) is 11.2 Å². The van der Waals surface area contributed by atoms with Crippen molar-refractivity contribution in [2.75, 3.05) is 26.4 Å². The fourth-order valence-corrected chi connectivity index (χ4v) is 2.35. The van der Waals surface area contributed by atoms with E-state index in [4.69, 9.17) is 9.47 Å². The van der Waals surface area contributed by atoms with Crippen LogP contribution in [0, 0.1) is 0 Å². The summed E-state index contributed by atoms with van der Waals surface area (Å²) >= 11 is 0. The molecule has 0 aliphatic carbocycles. The van der Waals surface area contributed by atoms with E-state index < -0.39 is 11.2 Å². The van der Waals surface area contributed by atoms with E-state index in [1.807, 2.05) is 0 Å². The molecule has 2 aliphatic heterocycles. The zero-order chi connectivity index (χ0) is 10.1. The second-order valence-electron chi connectivity index (χ2n) is 4.29. The van der Waals surface area contributed by atoms with Crippen LogP contribution >= 0.6 is 0 Å². The lowest BCUT2D eigenvalue weighted by atomic mass is 9.73. The smallest absolute Gasteiger partial charge is 0.0978 e. The third-order valence-corrected chi connectivity index (χ3v) is 3.51. The Hall–Kier alpha value is -0.160. The second kappa shape index (κ2) is 3.77. The van der Waals surface area contributed by atoms with Crippen LogP contribution in [0.5, 0.6) is 0 Å². The van der Waals surface area contributed by atoms with Gasteiger partial charge in [0, 0.05) is 52.1 Å². The van der Waals surface area contributed by atoms with Crippen molar-refractivity contribution in [2.24, 2.45) is 0 Å². The van der Waals surface area contributed by atoms with Crippen LogP contribution in [-0.4, -0.2) is 47.8 Å². The summed E-state index contributed by atoms with van der Waals surface area (Å²) in [7, 11) is 0. The molecule has 0 radical (unpaired) electrons. The Bertz CT molecular complexity index is 170. The van der Waals surface area contributed by atoms with E-state index in [1.165, 1.54) is 0 Å². The van der Waals surface area contributed by atoms with Gasteiger partial charge in [0.15, 0.2) is 0 Å².